The zero-order valence-corrected chi connectivity index (χ0v) is 21.3. The van der Waals surface area contributed by atoms with E-state index in [4.69, 9.17) is 0 Å². The summed E-state index contributed by atoms with van der Waals surface area (Å²) in [6, 6.07) is 4.74. The number of hydrogen-bond acceptors (Lipinski definition) is 5. The number of aliphatic hydroxyl groups excluding tert-OH is 1. The van der Waals surface area contributed by atoms with Crippen molar-refractivity contribution in [1.82, 2.24) is 14.5 Å². The molecule has 2 aromatic carbocycles. The van der Waals surface area contributed by atoms with Crippen LogP contribution in [0.3, 0.4) is 0 Å². The Balaban J connectivity index is 2.21. The highest BCUT2D eigenvalue weighted by Crippen LogP contribution is 2.44. The van der Waals surface area contributed by atoms with Crippen molar-refractivity contribution >= 4 is 22.7 Å². The quantitative estimate of drug-likeness (QED) is 0.285. The maximum atomic E-state index is 14.1. The molecule has 212 valence electrons. The van der Waals surface area contributed by atoms with Gasteiger partial charge in [0.15, 0.2) is 0 Å². The van der Waals surface area contributed by atoms with Crippen LogP contribution < -0.4 is 15.9 Å². The average Bonchev–Trinajstić information content (AvgIpc) is 3.19. The molecular weight excluding hydrogens is 557 g/mol. The number of carbonyl (C=O) groups is 1. The van der Waals surface area contributed by atoms with E-state index in [-0.39, 0.29) is 43.1 Å². The number of carbonyl (C=O) groups excluding carboxylic acids is 1. The second-order valence-electron chi connectivity index (χ2n) is 8.27. The number of anilines is 1. The molecule has 0 saturated heterocycles. The first-order valence-corrected chi connectivity index (χ1v) is 12.2. The third kappa shape index (κ3) is 7.02. The topological polar surface area (TPSA) is 79.5 Å². The van der Waals surface area contributed by atoms with E-state index in [0.29, 0.717) is 10.6 Å². The lowest BCUT2D eigenvalue weighted by Crippen LogP contribution is -2.33. The lowest BCUT2D eigenvalue weighted by atomic mass is 10.1. The van der Waals surface area contributed by atoms with Crippen LogP contribution in [0.25, 0.3) is 5.69 Å². The molecule has 3 aromatic rings. The molecule has 1 atom stereocenters. The van der Waals surface area contributed by atoms with E-state index in [1.54, 1.807) is 0 Å². The molecule has 0 aliphatic rings. The number of rotatable bonds is 8. The highest BCUT2D eigenvalue weighted by Gasteiger charge is 2.41. The Hall–Kier alpha value is -3.30. The van der Waals surface area contributed by atoms with Gasteiger partial charge < -0.3 is 15.3 Å². The van der Waals surface area contributed by atoms with E-state index >= 15 is 0 Å². The maximum absolute atomic E-state index is 14.1. The molecule has 0 radical (unpaired) electrons. The summed E-state index contributed by atoms with van der Waals surface area (Å²) < 4.78 is 98.0. The number of likely N-dealkylation sites (N-methyl/N-ethyl adjacent to an activating group) is 1. The summed E-state index contributed by atoms with van der Waals surface area (Å²) in [6.07, 6.45) is -9.57. The van der Waals surface area contributed by atoms with Crippen LogP contribution in [0.2, 0.25) is 0 Å². The largest absolute Gasteiger partial charge is 0.417 e. The summed E-state index contributed by atoms with van der Waals surface area (Å²) >= 11 is -0.0129. The van der Waals surface area contributed by atoms with E-state index in [2.05, 4.69) is 5.32 Å². The van der Waals surface area contributed by atoms with Gasteiger partial charge in [0, 0.05) is 31.2 Å². The van der Waals surface area contributed by atoms with Crippen LogP contribution in [-0.2, 0) is 18.9 Å². The molecule has 0 bridgehead atoms. The zero-order chi connectivity index (χ0) is 29.1. The first-order chi connectivity index (χ1) is 18.2. The van der Waals surface area contributed by atoms with Crippen molar-refractivity contribution in [2.75, 3.05) is 25.0 Å². The number of aliphatic hydroxyl groups is 1. The minimum Gasteiger partial charge on any atom is -0.390 e. The Labute approximate surface area is 221 Å². The van der Waals surface area contributed by atoms with Gasteiger partial charge in [0.05, 0.1) is 34.4 Å². The lowest BCUT2D eigenvalue weighted by molar-refractivity contribution is -0.144. The van der Waals surface area contributed by atoms with E-state index in [0.717, 1.165) is 34.0 Å². The highest BCUT2D eigenvalue weighted by atomic mass is 32.2. The van der Waals surface area contributed by atoms with Gasteiger partial charge >= 0.3 is 18.0 Å². The summed E-state index contributed by atoms with van der Waals surface area (Å²) in [7, 11) is 1.53. The fourth-order valence-corrected chi connectivity index (χ4v) is 4.78. The van der Waals surface area contributed by atoms with Crippen molar-refractivity contribution in [1.29, 1.82) is 0 Å². The standard InChI is InChI=1S/C24H23F7N4O3S/c1-3-34(16-6-4-15(25)5-7-16)22(38)39-20-18(24(29,30)31)10-14(23(26,27)28)11-19(20)35-9-8-33(21(35)37)13-17(36)12-32-2/h4-11,17,32,36H,3,12-13H2,1-2H3. The minimum absolute atomic E-state index is 0.0129. The first kappa shape index (κ1) is 30.2. The molecule has 1 amide bonds. The van der Waals surface area contributed by atoms with Crippen LogP contribution in [-0.4, -0.2) is 45.7 Å². The van der Waals surface area contributed by atoms with Gasteiger partial charge in [-0.1, -0.05) is 0 Å². The van der Waals surface area contributed by atoms with Crippen LogP contribution in [0.4, 0.5) is 41.2 Å². The number of alkyl halides is 6. The van der Waals surface area contributed by atoms with Crippen molar-refractivity contribution < 1.29 is 40.6 Å². The zero-order valence-electron chi connectivity index (χ0n) is 20.5. The van der Waals surface area contributed by atoms with Gasteiger partial charge in [0.1, 0.15) is 5.82 Å². The molecule has 1 unspecified atom stereocenters. The number of imidazole rings is 1. The second kappa shape index (κ2) is 11.8. The van der Waals surface area contributed by atoms with Gasteiger partial charge in [-0.15, -0.1) is 0 Å². The Morgan fingerprint density at radius 2 is 1.72 bits per heavy atom. The number of halogens is 7. The number of hydrogen-bond donors (Lipinski definition) is 2. The van der Waals surface area contributed by atoms with Gasteiger partial charge in [0.2, 0.25) is 0 Å². The van der Waals surface area contributed by atoms with E-state index < -0.39 is 56.9 Å². The molecular formula is C24H23F7N4O3S. The molecule has 1 heterocycles. The summed E-state index contributed by atoms with van der Waals surface area (Å²) in [5, 5.41) is 11.7. The molecule has 15 heteroatoms. The summed E-state index contributed by atoms with van der Waals surface area (Å²) in [4.78, 5) is 26.2. The van der Waals surface area contributed by atoms with Gasteiger partial charge in [-0.05, 0) is 62.1 Å². The van der Waals surface area contributed by atoms with Crippen molar-refractivity contribution in [2.45, 2.75) is 36.8 Å². The van der Waals surface area contributed by atoms with Crippen LogP contribution in [0, 0.1) is 5.82 Å². The predicted octanol–water partition coefficient (Wildman–Crippen LogP) is 5.13. The number of amides is 1. The van der Waals surface area contributed by atoms with Gasteiger partial charge in [0.25, 0.3) is 5.24 Å². The number of nitrogens with one attached hydrogen (secondary N) is 1. The lowest BCUT2D eigenvalue weighted by Gasteiger charge is -2.23. The Morgan fingerprint density at radius 1 is 1.08 bits per heavy atom. The Kier molecular flexibility index (Phi) is 9.18. The van der Waals surface area contributed by atoms with Gasteiger partial charge in [-0.25, -0.2) is 9.18 Å². The predicted molar refractivity (Wildman–Crippen MR) is 131 cm³/mol. The summed E-state index contributed by atoms with van der Waals surface area (Å²) in [5.41, 5.74) is -5.16. The van der Waals surface area contributed by atoms with Crippen LogP contribution in [0.5, 0.6) is 0 Å². The van der Waals surface area contributed by atoms with Crippen molar-refractivity contribution in [3.8, 4) is 5.69 Å². The van der Waals surface area contributed by atoms with Crippen LogP contribution >= 0.6 is 11.8 Å². The summed E-state index contributed by atoms with van der Waals surface area (Å²) in [5.74, 6) is -0.622. The molecule has 0 fully saturated rings. The number of benzene rings is 2. The molecule has 1 aromatic heterocycles. The smallest absolute Gasteiger partial charge is 0.390 e. The molecule has 3 rings (SSSR count). The summed E-state index contributed by atoms with van der Waals surface area (Å²) in [6.45, 7) is 1.20. The SMILES string of the molecule is CCN(C(=O)Sc1c(-n2ccn(CC(O)CNC)c2=O)cc(C(F)(F)F)cc1C(F)(F)F)c1ccc(F)cc1. The molecule has 0 saturated carbocycles. The van der Waals surface area contributed by atoms with Crippen molar-refractivity contribution in [3.63, 3.8) is 0 Å². The fourth-order valence-electron chi connectivity index (χ4n) is 3.72. The van der Waals surface area contributed by atoms with Gasteiger partial charge in [-0.3, -0.25) is 13.9 Å². The first-order valence-electron chi connectivity index (χ1n) is 11.4. The van der Waals surface area contributed by atoms with E-state index in [1.165, 1.54) is 26.1 Å². The number of thioether (sulfide) groups is 1. The molecule has 39 heavy (non-hydrogen) atoms. The molecule has 0 spiro atoms. The van der Waals surface area contributed by atoms with E-state index in [9.17, 15) is 45.4 Å². The maximum Gasteiger partial charge on any atom is 0.417 e. The normalized spacial score (nSPS) is 13.0. The molecule has 2 N–H and O–H groups in total. The number of aromatic nitrogens is 2. The van der Waals surface area contributed by atoms with E-state index in [1.807, 2.05) is 0 Å². The van der Waals surface area contributed by atoms with Crippen molar-refractivity contribution in [3.05, 3.63) is 76.2 Å². The number of nitrogens with zero attached hydrogens (tertiary/aromatic N) is 3. The second-order valence-corrected chi connectivity index (χ2v) is 9.23. The molecule has 7 nitrogen and oxygen atoms in total. The highest BCUT2D eigenvalue weighted by molar-refractivity contribution is 8.14. The monoisotopic (exact) mass is 580 g/mol. The third-order valence-electron chi connectivity index (χ3n) is 5.52. The minimum atomic E-state index is -5.33. The van der Waals surface area contributed by atoms with Crippen LogP contribution in [0.1, 0.15) is 18.1 Å². The molecule has 0 aliphatic heterocycles. The van der Waals surface area contributed by atoms with Crippen LogP contribution in [0.15, 0.2) is 58.5 Å². The molecule has 0 aliphatic carbocycles. The van der Waals surface area contributed by atoms with Crippen molar-refractivity contribution in [2.24, 2.45) is 0 Å². The van der Waals surface area contributed by atoms with Gasteiger partial charge in [-0.2, -0.15) is 26.3 Å². The Bertz CT molecular complexity index is 1370. The third-order valence-corrected chi connectivity index (χ3v) is 6.55. The Morgan fingerprint density at radius 3 is 2.26 bits per heavy atom. The average molecular weight is 581 g/mol. The fraction of sp³-hybridized carbons (Fsp3) is 0.333.